The van der Waals surface area contributed by atoms with Crippen LogP contribution in [0.4, 0.5) is 22.1 Å². The molecule has 2 N–H and O–H groups in total. The molecule has 32 heavy (non-hydrogen) atoms. The van der Waals surface area contributed by atoms with E-state index in [0.29, 0.717) is 42.5 Å². The van der Waals surface area contributed by atoms with Crippen molar-refractivity contribution in [3.8, 4) is 5.75 Å². The molecule has 9 nitrogen and oxygen atoms in total. The van der Waals surface area contributed by atoms with Gasteiger partial charge in [-0.1, -0.05) is 11.6 Å². The van der Waals surface area contributed by atoms with Gasteiger partial charge in [-0.3, -0.25) is 0 Å². The second-order valence-corrected chi connectivity index (χ2v) is 8.39. The van der Waals surface area contributed by atoms with E-state index in [-0.39, 0.29) is 6.10 Å². The third-order valence-electron chi connectivity index (χ3n) is 5.89. The molecule has 2 aliphatic rings. The van der Waals surface area contributed by atoms with Crippen LogP contribution in [0, 0.1) is 0 Å². The first-order chi connectivity index (χ1) is 15.6. The third-order valence-corrected chi connectivity index (χ3v) is 6.18. The predicted molar refractivity (Wildman–Crippen MR) is 122 cm³/mol. The van der Waals surface area contributed by atoms with Crippen molar-refractivity contribution in [1.29, 1.82) is 0 Å². The van der Waals surface area contributed by atoms with Gasteiger partial charge in [0.15, 0.2) is 0 Å². The Kier molecular flexibility index (Phi) is 5.57. The minimum Gasteiger partial charge on any atom is -0.489 e. The number of nitrogens with zero attached hydrogens (tertiary/aromatic N) is 5. The summed E-state index contributed by atoms with van der Waals surface area (Å²) in [5.41, 5.74) is 1.55. The highest BCUT2D eigenvalue weighted by atomic mass is 35.5. The first kappa shape index (κ1) is 20.6. The van der Waals surface area contributed by atoms with Gasteiger partial charge in [-0.25, -0.2) is 19.7 Å². The van der Waals surface area contributed by atoms with E-state index in [4.69, 9.17) is 21.4 Å². The van der Waals surface area contributed by atoms with E-state index < -0.39 is 6.09 Å². The number of hydrogen-bond acceptors (Lipinski definition) is 7. The highest BCUT2D eigenvalue weighted by molar-refractivity contribution is 6.32. The fourth-order valence-electron chi connectivity index (χ4n) is 3.92. The Hall–Kier alpha value is -3.33. The quantitative estimate of drug-likeness (QED) is 0.592. The summed E-state index contributed by atoms with van der Waals surface area (Å²) in [5.74, 6) is 2.20. The van der Waals surface area contributed by atoms with Crippen LogP contribution in [0.3, 0.4) is 0 Å². The number of piperidine rings is 1. The lowest BCUT2D eigenvalue weighted by atomic mass is 10.1. The zero-order chi connectivity index (χ0) is 22.1. The number of halogens is 1. The van der Waals surface area contributed by atoms with E-state index in [9.17, 15) is 4.79 Å². The van der Waals surface area contributed by atoms with E-state index in [1.165, 1.54) is 17.6 Å². The molecular weight excluding hydrogens is 432 g/mol. The number of nitrogens with one attached hydrogen (secondary N) is 1. The van der Waals surface area contributed by atoms with E-state index in [0.717, 1.165) is 35.5 Å². The number of aromatic nitrogens is 3. The number of pyridine rings is 1. The molecule has 2 aliphatic heterocycles. The van der Waals surface area contributed by atoms with Crippen molar-refractivity contribution in [3.63, 3.8) is 0 Å². The van der Waals surface area contributed by atoms with Crippen LogP contribution in [-0.4, -0.2) is 63.3 Å². The lowest BCUT2D eigenvalue weighted by Gasteiger charge is -2.32. The number of hydrogen-bond donors (Lipinski definition) is 2. The maximum absolute atomic E-state index is 11.1. The van der Waals surface area contributed by atoms with Crippen molar-refractivity contribution in [2.45, 2.75) is 25.4 Å². The fourth-order valence-corrected chi connectivity index (χ4v) is 4.15. The molecular formula is C22H23ClN6O3. The van der Waals surface area contributed by atoms with Gasteiger partial charge >= 0.3 is 6.09 Å². The van der Waals surface area contributed by atoms with Crippen LogP contribution in [0.15, 0.2) is 36.8 Å². The first-order valence-corrected chi connectivity index (χ1v) is 11.0. The number of rotatable bonds is 5. The third kappa shape index (κ3) is 4.20. The van der Waals surface area contributed by atoms with Crippen LogP contribution in [0.2, 0.25) is 5.02 Å². The number of carbonyl (C=O) groups is 1. The normalized spacial score (nSPS) is 16.7. The molecule has 1 amide bonds. The second-order valence-electron chi connectivity index (χ2n) is 7.98. The second kappa shape index (κ2) is 8.66. The minimum absolute atomic E-state index is 0.0554. The van der Waals surface area contributed by atoms with E-state index in [1.807, 2.05) is 18.2 Å². The van der Waals surface area contributed by atoms with E-state index in [2.05, 4.69) is 25.2 Å². The number of likely N-dealkylation sites (tertiary alicyclic amines) is 1. The summed E-state index contributed by atoms with van der Waals surface area (Å²) in [6, 6.07) is 7.53. The van der Waals surface area contributed by atoms with Gasteiger partial charge in [0, 0.05) is 50.1 Å². The molecule has 0 unspecified atom stereocenters. The van der Waals surface area contributed by atoms with E-state index in [1.54, 1.807) is 12.3 Å². The number of anilines is 3. The first-order valence-electron chi connectivity index (χ1n) is 10.6. The number of ether oxygens (including phenoxy) is 1. The molecule has 0 radical (unpaired) electrons. The maximum atomic E-state index is 11.1. The van der Waals surface area contributed by atoms with Gasteiger partial charge in [-0.15, -0.1) is 0 Å². The maximum Gasteiger partial charge on any atom is 0.407 e. The molecule has 2 aromatic heterocycles. The molecule has 0 saturated carbocycles. The predicted octanol–water partition coefficient (Wildman–Crippen LogP) is 4.15. The smallest absolute Gasteiger partial charge is 0.407 e. The number of amides is 1. The SMILES string of the molecule is O=C(O)N1CCC(Oc2ccc(Nc3ncnc4cnc(N5CCC5)cc34)cc2Cl)CC1. The van der Waals surface area contributed by atoms with Crippen molar-refractivity contribution >= 4 is 45.9 Å². The molecule has 0 atom stereocenters. The molecule has 2 saturated heterocycles. The molecule has 10 heteroatoms. The van der Waals surface area contributed by atoms with Crippen LogP contribution in [0.25, 0.3) is 10.9 Å². The van der Waals surface area contributed by atoms with Crippen LogP contribution < -0.4 is 15.0 Å². The molecule has 4 heterocycles. The van der Waals surface area contributed by atoms with E-state index >= 15 is 0 Å². The van der Waals surface area contributed by atoms with Gasteiger partial charge in [-0.05, 0) is 30.7 Å². The Balaban J connectivity index is 1.30. The fraction of sp³-hybridized carbons (Fsp3) is 0.364. The number of fused-ring (bicyclic) bond motifs is 1. The highest BCUT2D eigenvalue weighted by Crippen LogP contribution is 2.33. The van der Waals surface area contributed by atoms with Gasteiger partial charge in [-0.2, -0.15) is 0 Å². The summed E-state index contributed by atoms with van der Waals surface area (Å²) in [5, 5.41) is 13.8. The van der Waals surface area contributed by atoms with Crippen molar-refractivity contribution in [3.05, 3.63) is 41.8 Å². The average molecular weight is 455 g/mol. The molecule has 1 aromatic carbocycles. The van der Waals surface area contributed by atoms with Crippen molar-refractivity contribution < 1.29 is 14.6 Å². The Labute approximate surface area is 190 Å². The van der Waals surface area contributed by atoms with Crippen LogP contribution in [0.5, 0.6) is 5.75 Å². The summed E-state index contributed by atoms with van der Waals surface area (Å²) in [7, 11) is 0. The number of carboxylic acid groups (broad SMARTS) is 1. The van der Waals surface area contributed by atoms with Gasteiger partial charge < -0.3 is 25.0 Å². The van der Waals surface area contributed by atoms with Crippen molar-refractivity contribution in [2.75, 3.05) is 36.4 Å². The molecule has 2 fully saturated rings. The van der Waals surface area contributed by atoms with Crippen molar-refractivity contribution in [1.82, 2.24) is 19.9 Å². The lowest BCUT2D eigenvalue weighted by molar-refractivity contribution is 0.0895. The van der Waals surface area contributed by atoms with Crippen LogP contribution >= 0.6 is 11.6 Å². The minimum atomic E-state index is -0.887. The Morgan fingerprint density at radius 3 is 2.62 bits per heavy atom. The molecule has 3 aromatic rings. The summed E-state index contributed by atoms with van der Waals surface area (Å²) in [6.07, 6.45) is 4.81. The van der Waals surface area contributed by atoms with Crippen LogP contribution in [-0.2, 0) is 0 Å². The zero-order valence-corrected chi connectivity index (χ0v) is 18.1. The molecule has 5 rings (SSSR count). The lowest BCUT2D eigenvalue weighted by Crippen LogP contribution is -2.41. The zero-order valence-electron chi connectivity index (χ0n) is 17.4. The van der Waals surface area contributed by atoms with Crippen molar-refractivity contribution in [2.24, 2.45) is 0 Å². The molecule has 166 valence electrons. The van der Waals surface area contributed by atoms with Gasteiger partial charge in [0.1, 0.15) is 29.8 Å². The Bertz CT molecular complexity index is 1150. The Morgan fingerprint density at radius 1 is 1.12 bits per heavy atom. The van der Waals surface area contributed by atoms with Gasteiger partial charge in [0.2, 0.25) is 0 Å². The molecule has 0 aliphatic carbocycles. The Morgan fingerprint density at radius 2 is 1.94 bits per heavy atom. The summed E-state index contributed by atoms with van der Waals surface area (Å²) in [6.45, 7) is 2.96. The number of benzene rings is 1. The monoisotopic (exact) mass is 454 g/mol. The largest absolute Gasteiger partial charge is 0.489 e. The van der Waals surface area contributed by atoms with Gasteiger partial charge in [0.05, 0.1) is 16.7 Å². The average Bonchev–Trinajstić information content (AvgIpc) is 2.75. The summed E-state index contributed by atoms with van der Waals surface area (Å²) < 4.78 is 6.03. The summed E-state index contributed by atoms with van der Waals surface area (Å²) >= 11 is 6.49. The van der Waals surface area contributed by atoms with Crippen LogP contribution in [0.1, 0.15) is 19.3 Å². The standard InChI is InChI=1S/C22H23ClN6O3/c23-17-10-14(2-3-19(17)32-15-4-8-29(9-5-15)22(30)31)27-21-16-11-20(28-6-1-7-28)24-12-18(16)25-13-26-21/h2-3,10-13,15H,1,4-9H2,(H,30,31)(H,25,26,27). The summed E-state index contributed by atoms with van der Waals surface area (Å²) in [4.78, 5) is 27.9. The highest BCUT2D eigenvalue weighted by Gasteiger charge is 2.24. The topological polar surface area (TPSA) is 104 Å². The molecule has 0 spiro atoms. The molecule has 0 bridgehead atoms. The van der Waals surface area contributed by atoms with Gasteiger partial charge in [0.25, 0.3) is 0 Å².